The molecule has 0 spiro atoms. The quantitative estimate of drug-likeness (QED) is 0.503. The first-order chi connectivity index (χ1) is 15.7. The second-order valence-electron chi connectivity index (χ2n) is 8.07. The molecule has 1 aliphatic carbocycles. The van der Waals surface area contributed by atoms with E-state index in [1.807, 2.05) is 41.2 Å². The minimum atomic E-state index is -0.289. The van der Waals surface area contributed by atoms with Gasteiger partial charge in [-0.1, -0.05) is 24.3 Å². The second kappa shape index (κ2) is 8.78. The minimum absolute atomic E-state index is 0.176. The van der Waals surface area contributed by atoms with E-state index >= 15 is 0 Å². The fraction of sp³-hybridized carbons (Fsp3) is 0.240. The molecule has 1 aliphatic rings. The zero-order valence-electron chi connectivity index (χ0n) is 17.7. The molecule has 7 heteroatoms. The lowest BCUT2D eigenvalue weighted by Gasteiger charge is -2.14. The van der Waals surface area contributed by atoms with Crippen molar-refractivity contribution >= 4 is 5.91 Å². The topological polar surface area (TPSA) is 64.7 Å². The standard InChI is InChI=1S/C25H24FN5O/c26-20-10-12-21(13-11-20)31-23-5-2-1-4-22(23)24(29-31)25(32)27-16-18-6-8-19(9-7-18)17-30-15-3-14-28-30/h3,6-15H,1-2,4-5,16-17H2,(H,27,32). The Morgan fingerprint density at radius 2 is 1.75 bits per heavy atom. The molecule has 5 rings (SSSR count). The molecule has 4 aromatic rings. The van der Waals surface area contributed by atoms with E-state index in [0.717, 1.165) is 53.8 Å². The molecule has 0 fully saturated rings. The Balaban J connectivity index is 1.30. The van der Waals surface area contributed by atoms with Crippen molar-refractivity contribution in [3.63, 3.8) is 0 Å². The van der Waals surface area contributed by atoms with Crippen LogP contribution in [0.5, 0.6) is 0 Å². The summed E-state index contributed by atoms with van der Waals surface area (Å²) < 4.78 is 17.0. The third-order valence-corrected chi connectivity index (χ3v) is 5.85. The molecule has 2 heterocycles. The summed E-state index contributed by atoms with van der Waals surface area (Å²) >= 11 is 0. The summed E-state index contributed by atoms with van der Waals surface area (Å²) in [7, 11) is 0. The van der Waals surface area contributed by atoms with Gasteiger partial charge in [0.15, 0.2) is 5.69 Å². The lowest BCUT2D eigenvalue weighted by atomic mass is 9.95. The van der Waals surface area contributed by atoms with Gasteiger partial charge in [0.2, 0.25) is 0 Å². The molecule has 0 unspecified atom stereocenters. The van der Waals surface area contributed by atoms with Gasteiger partial charge >= 0.3 is 0 Å². The Kier molecular flexibility index (Phi) is 5.54. The summed E-state index contributed by atoms with van der Waals surface area (Å²) in [4.78, 5) is 13.0. The molecule has 2 aromatic carbocycles. The fourth-order valence-electron chi connectivity index (χ4n) is 4.19. The average molecular weight is 429 g/mol. The van der Waals surface area contributed by atoms with Crippen molar-refractivity contribution in [3.8, 4) is 5.69 Å². The van der Waals surface area contributed by atoms with E-state index in [1.165, 1.54) is 12.1 Å². The Morgan fingerprint density at radius 1 is 1.00 bits per heavy atom. The molecule has 0 aliphatic heterocycles. The predicted octanol–water partition coefficient (Wildman–Crippen LogP) is 4.07. The molecule has 0 atom stereocenters. The van der Waals surface area contributed by atoms with Crippen molar-refractivity contribution in [1.29, 1.82) is 0 Å². The number of aromatic nitrogens is 4. The zero-order valence-corrected chi connectivity index (χ0v) is 17.7. The third-order valence-electron chi connectivity index (χ3n) is 5.85. The van der Waals surface area contributed by atoms with E-state index in [4.69, 9.17) is 0 Å². The number of nitrogens with zero attached hydrogens (tertiary/aromatic N) is 4. The van der Waals surface area contributed by atoms with Gasteiger partial charge in [0.25, 0.3) is 5.91 Å². The minimum Gasteiger partial charge on any atom is -0.347 e. The first-order valence-corrected chi connectivity index (χ1v) is 10.9. The van der Waals surface area contributed by atoms with Crippen LogP contribution in [0.3, 0.4) is 0 Å². The third kappa shape index (κ3) is 4.19. The number of halogens is 1. The Hall–Kier alpha value is -3.74. The van der Waals surface area contributed by atoms with Gasteiger partial charge in [0.1, 0.15) is 5.82 Å². The predicted molar refractivity (Wildman–Crippen MR) is 119 cm³/mol. The molecule has 0 bridgehead atoms. The average Bonchev–Trinajstić information content (AvgIpc) is 3.47. The molecular weight excluding hydrogens is 405 g/mol. The van der Waals surface area contributed by atoms with Crippen LogP contribution in [0.25, 0.3) is 5.69 Å². The number of carbonyl (C=O) groups excluding carboxylic acids is 1. The summed E-state index contributed by atoms with van der Waals surface area (Å²) in [5.41, 5.74) is 5.48. The number of fused-ring (bicyclic) bond motifs is 1. The summed E-state index contributed by atoms with van der Waals surface area (Å²) in [5, 5.41) is 11.9. The maximum Gasteiger partial charge on any atom is 0.272 e. The molecule has 0 saturated carbocycles. The summed E-state index contributed by atoms with van der Waals surface area (Å²) in [6.45, 7) is 1.14. The highest BCUT2D eigenvalue weighted by Crippen LogP contribution is 2.27. The maximum absolute atomic E-state index is 13.4. The first kappa shape index (κ1) is 20.2. The van der Waals surface area contributed by atoms with Crippen LogP contribution in [-0.2, 0) is 25.9 Å². The van der Waals surface area contributed by atoms with Crippen molar-refractivity contribution in [1.82, 2.24) is 24.9 Å². The smallest absolute Gasteiger partial charge is 0.272 e. The van der Waals surface area contributed by atoms with Gasteiger partial charge in [-0.2, -0.15) is 10.2 Å². The molecule has 32 heavy (non-hydrogen) atoms. The molecule has 2 aromatic heterocycles. The van der Waals surface area contributed by atoms with Crippen LogP contribution in [-0.4, -0.2) is 25.5 Å². The molecule has 162 valence electrons. The van der Waals surface area contributed by atoms with Crippen LogP contribution in [0.15, 0.2) is 67.0 Å². The summed E-state index contributed by atoms with van der Waals surface area (Å²) in [6, 6.07) is 16.3. The van der Waals surface area contributed by atoms with Gasteiger partial charge in [-0.05, 0) is 67.1 Å². The SMILES string of the molecule is O=C(NCc1ccc(Cn2cccn2)cc1)c1nn(-c2ccc(F)cc2)c2c1CCCC2. The van der Waals surface area contributed by atoms with Gasteiger partial charge in [-0.25, -0.2) is 9.07 Å². The van der Waals surface area contributed by atoms with Crippen LogP contribution in [0.4, 0.5) is 4.39 Å². The number of rotatable bonds is 6. The van der Waals surface area contributed by atoms with Gasteiger partial charge in [-0.3, -0.25) is 9.48 Å². The van der Waals surface area contributed by atoms with Gasteiger partial charge < -0.3 is 5.32 Å². The van der Waals surface area contributed by atoms with Crippen LogP contribution in [0.2, 0.25) is 0 Å². The van der Waals surface area contributed by atoms with E-state index in [0.29, 0.717) is 18.8 Å². The van der Waals surface area contributed by atoms with Crippen LogP contribution in [0.1, 0.15) is 45.7 Å². The largest absolute Gasteiger partial charge is 0.347 e. The highest BCUT2D eigenvalue weighted by molar-refractivity contribution is 5.94. The van der Waals surface area contributed by atoms with Crippen molar-refractivity contribution in [2.45, 2.75) is 38.8 Å². The van der Waals surface area contributed by atoms with Crippen LogP contribution in [0, 0.1) is 5.82 Å². The Labute approximate surface area is 185 Å². The molecule has 1 amide bonds. The summed E-state index contributed by atoms with van der Waals surface area (Å²) in [6.07, 6.45) is 7.50. The summed E-state index contributed by atoms with van der Waals surface area (Å²) in [5.74, 6) is -0.465. The van der Waals surface area contributed by atoms with Crippen LogP contribution < -0.4 is 5.32 Å². The lowest BCUT2D eigenvalue weighted by molar-refractivity contribution is 0.0944. The highest BCUT2D eigenvalue weighted by atomic mass is 19.1. The van der Waals surface area contributed by atoms with Crippen molar-refractivity contribution in [3.05, 3.63) is 101 Å². The Bertz CT molecular complexity index is 1210. The van der Waals surface area contributed by atoms with E-state index in [9.17, 15) is 9.18 Å². The zero-order chi connectivity index (χ0) is 21.9. The van der Waals surface area contributed by atoms with E-state index in [1.54, 1.807) is 23.0 Å². The van der Waals surface area contributed by atoms with E-state index in [-0.39, 0.29) is 11.7 Å². The number of hydrogen-bond acceptors (Lipinski definition) is 3. The van der Waals surface area contributed by atoms with Crippen molar-refractivity contribution < 1.29 is 9.18 Å². The molecule has 1 N–H and O–H groups in total. The molecule has 0 radical (unpaired) electrons. The molecule has 0 saturated heterocycles. The maximum atomic E-state index is 13.4. The number of amides is 1. The van der Waals surface area contributed by atoms with Gasteiger partial charge in [0.05, 0.1) is 12.2 Å². The normalized spacial score (nSPS) is 13.0. The van der Waals surface area contributed by atoms with Gasteiger partial charge in [0, 0.05) is 30.2 Å². The van der Waals surface area contributed by atoms with E-state index < -0.39 is 0 Å². The fourth-order valence-corrected chi connectivity index (χ4v) is 4.19. The van der Waals surface area contributed by atoms with Crippen LogP contribution >= 0.6 is 0 Å². The number of carbonyl (C=O) groups is 1. The van der Waals surface area contributed by atoms with E-state index in [2.05, 4.69) is 15.5 Å². The Morgan fingerprint density at radius 3 is 2.50 bits per heavy atom. The number of nitrogens with one attached hydrogen (secondary N) is 1. The second-order valence-corrected chi connectivity index (χ2v) is 8.07. The monoisotopic (exact) mass is 429 g/mol. The van der Waals surface area contributed by atoms with Gasteiger partial charge in [-0.15, -0.1) is 0 Å². The number of hydrogen-bond donors (Lipinski definition) is 1. The lowest BCUT2D eigenvalue weighted by Crippen LogP contribution is -2.24. The highest BCUT2D eigenvalue weighted by Gasteiger charge is 2.25. The molecular formula is C25H24FN5O. The molecule has 6 nitrogen and oxygen atoms in total. The first-order valence-electron chi connectivity index (χ1n) is 10.9. The van der Waals surface area contributed by atoms with Crippen molar-refractivity contribution in [2.75, 3.05) is 0 Å². The van der Waals surface area contributed by atoms with Crippen molar-refractivity contribution in [2.24, 2.45) is 0 Å². The number of benzene rings is 2.